The molecule has 0 radical (unpaired) electrons. The molecule has 1 amide bonds. The molecule has 4 heterocycles. The molecule has 0 saturated carbocycles. The van der Waals surface area contributed by atoms with Crippen molar-refractivity contribution in [2.24, 2.45) is 7.05 Å². The summed E-state index contributed by atoms with van der Waals surface area (Å²) in [6.45, 7) is 4.83. The number of benzene rings is 1. The minimum atomic E-state index is -0.0617. The summed E-state index contributed by atoms with van der Waals surface area (Å²) in [5, 5.41) is 9.37. The molecule has 4 aromatic rings. The molecule has 1 aliphatic rings. The fraction of sp³-hybridized carbons (Fsp3) is 0.318. The largest absolute Gasteiger partial charge is 0.379 e. The highest BCUT2D eigenvalue weighted by molar-refractivity contribution is 6.04. The van der Waals surface area contributed by atoms with Gasteiger partial charge in [0.05, 0.1) is 24.9 Å². The van der Waals surface area contributed by atoms with Gasteiger partial charge in [-0.2, -0.15) is 5.10 Å². The van der Waals surface area contributed by atoms with Gasteiger partial charge in [-0.3, -0.25) is 14.4 Å². The number of aromatic nitrogens is 4. The van der Waals surface area contributed by atoms with Crippen molar-refractivity contribution < 1.29 is 9.53 Å². The van der Waals surface area contributed by atoms with E-state index in [1.165, 1.54) is 0 Å². The highest BCUT2D eigenvalue weighted by Crippen LogP contribution is 2.28. The maximum atomic E-state index is 12.6. The number of carbonyl (C=O) groups excluding carboxylic acids is 1. The van der Waals surface area contributed by atoms with Crippen LogP contribution in [0.1, 0.15) is 10.4 Å². The Bertz CT molecular complexity index is 1210. The molecular formula is C22H24N6O2. The molecule has 154 valence electrons. The molecule has 8 nitrogen and oxygen atoms in total. The minimum absolute atomic E-state index is 0.0617. The first-order chi connectivity index (χ1) is 14.7. The molecule has 1 fully saturated rings. The van der Waals surface area contributed by atoms with Gasteiger partial charge in [-0.25, -0.2) is 4.98 Å². The van der Waals surface area contributed by atoms with Gasteiger partial charge in [0, 0.05) is 61.5 Å². The zero-order valence-electron chi connectivity index (χ0n) is 16.9. The lowest BCUT2D eigenvalue weighted by molar-refractivity contribution is 0.0383. The molecule has 1 aromatic carbocycles. The summed E-state index contributed by atoms with van der Waals surface area (Å²) in [4.78, 5) is 22.8. The summed E-state index contributed by atoms with van der Waals surface area (Å²) < 4.78 is 7.21. The number of hydrogen-bond donors (Lipinski definition) is 2. The first kappa shape index (κ1) is 18.8. The monoisotopic (exact) mass is 404 g/mol. The molecule has 0 unspecified atom stereocenters. The van der Waals surface area contributed by atoms with Crippen molar-refractivity contribution in [2.75, 3.05) is 39.4 Å². The van der Waals surface area contributed by atoms with E-state index < -0.39 is 0 Å². The van der Waals surface area contributed by atoms with Crippen LogP contribution < -0.4 is 5.32 Å². The Morgan fingerprint density at radius 2 is 2.10 bits per heavy atom. The van der Waals surface area contributed by atoms with Crippen LogP contribution in [-0.2, 0) is 11.8 Å². The molecule has 2 N–H and O–H groups in total. The van der Waals surface area contributed by atoms with Crippen LogP contribution in [0.2, 0.25) is 0 Å². The van der Waals surface area contributed by atoms with Crippen molar-refractivity contribution in [3.63, 3.8) is 0 Å². The molecular weight excluding hydrogens is 380 g/mol. The van der Waals surface area contributed by atoms with Gasteiger partial charge < -0.3 is 15.0 Å². The van der Waals surface area contributed by atoms with E-state index in [-0.39, 0.29) is 5.91 Å². The number of morpholine rings is 1. The number of carbonyl (C=O) groups is 1. The molecule has 0 atom stereocenters. The number of aryl methyl sites for hydroxylation is 1. The number of rotatable bonds is 5. The third-order valence-electron chi connectivity index (χ3n) is 5.60. The van der Waals surface area contributed by atoms with E-state index >= 15 is 0 Å². The highest BCUT2D eigenvalue weighted by atomic mass is 16.5. The average Bonchev–Trinajstić information content (AvgIpc) is 3.38. The van der Waals surface area contributed by atoms with Gasteiger partial charge in [0.2, 0.25) is 0 Å². The van der Waals surface area contributed by atoms with Gasteiger partial charge in [-0.15, -0.1) is 0 Å². The highest BCUT2D eigenvalue weighted by Gasteiger charge is 2.14. The fourth-order valence-electron chi connectivity index (χ4n) is 3.98. The van der Waals surface area contributed by atoms with E-state index in [2.05, 4.69) is 31.3 Å². The van der Waals surface area contributed by atoms with Crippen molar-refractivity contribution in [2.45, 2.75) is 0 Å². The topological polar surface area (TPSA) is 88.1 Å². The van der Waals surface area contributed by atoms with Crippen molar-refractivity contribution >= 4 is 27.8 Å². The van der Waals surface area contributed by atoms with Gasteiger partial charge in [-0.1, -0.05) is 12.1 Å². The Labute approximate surface area is 173 Å². The molecule has 3 aromatic heterocycles. The van der Waals surface area contributed by atoms with E-state index in [0.717, 1.165) is 66.0 Å². The summed E-state index contributed by atoms with van der Waals surface area (Å²) in [5.41, 5.74) is 4.37. The predicted octanol–water partition coefficient (Wildman–Crippen LogP) is 2.18. The average molecular weight is 404 g/mol. The standard InChI is InChI=1S/C22H24N6O2/c1-27-20-17(14-25-27)13-24-21-18(20)12-19(26-21)15-3-2-4-16(11-15)22(29)23-5-6-28-7-9-30-10-8-28/h2-4,11-14H,5-10H2,1H3,(H,23,29)(H,24,26). The molecule has 30 heavy (non-hydrogen) atoms. The quantitative estimate of drug-likeness (QED) is 0.532. The maximum Gasteiger partial charge on any atom is 0.251 e. The van der Waals surface area contributed by atoms with Crippen LogP contribution in [0, 0.1) is 0 Å². The van der Waals surface area contributed by atoms with Gasteiger partial charge in [0.25, 0.3) is 5.91 Å². The van der Waals surface area contributed by atoms with E-state index in [1.54, 1.807) is 0 Å². The normalized spacial score (nSPS) is 15.1. The second-order valence-corrected chi connectivity index (χ2v) is 7.57. The van der Waals surface area contributed by atoms with Gasteiger partial charge in [-0.05, 0) is 23.8 Å². The van der Waals surface area contributed by atoms with Gasteiger partial charge >= 0.3 is 0 Å². The third kappa shape index (κ3) is 3.55. The fourth-order valence-corrected chi connectivity index (χ4v) is 3.98. The second-order valence-electron chi connectivity index (χ2n) is 7.57. The molecule has 0 spiro atoms. The van der Waals surface area contributed by atoms with Crippen LogP contribution in [0.3, 0.4) is 0 Å². The number of pyridine rings is 1. The lowest BCUT2D eigenvalue weighted by atomic mass is 10.1. The number of nitrogens with zero attached hydrogens (tertiary/aromatic N) is 4. The number of hydrogen-bond acceptors (Lipinski definition) is 5. The number of nitrogens with one attached hydrogen (secondary N) is 2. The van der Waals surface area contributed by atoms with Crippen LogP contribution in [0.25, 0.3) is 33.2 Å². The van der Waals surface area contributed by atoms with Gasteiger partial charge in [0.1, 0.15) is 5.65 Å². The first-order valence-electron chi connectivity index (χ1n) is 10.2. The van der Waals surface area contributed by atoms with Crippen LogP contribution >= 0.6 is 0 Å². The first-order valence-corrected chi connectivity index (χ1v) is 10.2. The van der Waals surface area contributed by atoms with E-state index in [0.29, 0.717) is 12.1 Å². The number of aromatic amines is 1. The summed E-state index contributed by atoms with van der Waals surface area (Å²) in [6.07, 6.45) is 3.64. The summed E-state index contributed by atoms with van der Waals surface area (Å²) in [6, 6.07) is 9.73. The Hall–Kier alpha value is -3.23. The van der Waals surface area contributed by atoms with Crippen molar-refractivity contribution in [1.82, 2.24) is 30.0 Å². The van der Waals surface area contributed by atoms with E-state index in [9.17, 15) is 4.79 Å². The number of ether oxygens (including phenoxy) is 1. The van der Waals surface area contributed by atoms with Crippen LogP contribution in [0.15, 0.2) is 42.7 Å². The maximum absolute atomic E-state index is 12.6. The Balaban J connectivity index is 1.34. The zero-order valence-corrected chi connectivity index (χ0v) is 16.9. The zero-order chi connectivity index (χ0) is 20.5. The number of fused-ring (bicyclic) bond motifs is 3. The Kier molecular flexibility index (Phi) is 4.94. The second kappa shape index (κ2) is 7.89. The van der Waals surface area contributed by atoms with Crippen molar-refractivity contribution in [1.29, 1.82) is 0 Å². The number of H-pyrrole nitrogens is 1. The van der Waals surface area contributed by atoms with Crippen molar-refractivity contribution in [3.05, 3.63) is 48.3 Å². The molecule has 0 aliphatic carbocycles. The van der Waals surface area contributed by atoms with Crippen LogP contribution in [0.4, 0.5) is 0 Å². The molecule has 1 aliphatic heterocycles. The van der Waals surface area contributed by atoms with Crippen LogP contribution in [-0.4, -0.2) is 69.9 Å². The van der Waals surface area contributed by atoms with Gasteiger partial charge in [0.15, 0.2) is 0 Å². The molecule has 0 bridgehead atoms. The summed E-state index contributed by atoms with van der Waals surface area (Å²) >= 11 is 0. The lowest BCUT2D eigenvalue weighted by Crippen LogP contribution is -2.41. The van der Waals surface area contributed by atoms with Crippen molar-refractivity contribution in [3.8, 4) is 11.3 Å². The Morgan fingerprint density at radius 1 is 1.23 bits per heavy atom. The summed E-state index contributed by atoms with van der Waals surface area (Å²) in [5.74, 6) is -0.0617. The van der Waals surface area contributed by atoms with E-state index in [4.69, 9.17) is 4.74 Å². The van der Waals surface area contributed by atoms with Crippen LogP contribution in [0.5, 0.6) is 0 Å². The SMILES string of the molecule is Cn1ncc2cnc3[nH]c(-c4cccc(C(=O)NCCN5CCOCC5)c4)cc3c21. The minimum Gasteiger partial charge on any atom is -0.379 e. The molecule has 1 saturated heterocycles. The third-order valence-corrected chi connectivity index (χ3v) is 5.60. The predicted molar refractivity (Wildman–Crippen MR) is 115 cm³/mol. The smallest absolute Gasteiger partial charge is 0.251 e. The van der Waals surface area contributed by atoms with E-state index in [1.807, 2.05) is 48.4 Å². The lowest BCUT2D eigenvalue weighted by Gasteiger charge is -2.26. The number of amides is 1. The molecule has 8 heteroatoms. The summed E-state index contributed by atoms with van der Waals surface area (Å²) in [7, 11) is 1.93. The molecule has 5 rings (SSSR count). The Morgan fingerprint density at radius 3 is 2.97 bits per heavy atom.